The van der Waals surface area contributed by atoms with Gasteiger partial charge in [0.05, 0.1) is 13.2 Å². The summed E-state index contributed by atoms with van der Waals surface area (Å²) < 4.78 is 12.1. The molecule has 114 valence electrons. The van der Waals surface area contributed by atoms with Crippen molar-refractivity contribution in [3.05, 3.63) is 0 Å². The minimum Gasteiger partial charge on any atom is -0.347 e. The molecule has 0 radical (unpaired) electrons. The minimum absolute atomic E-state index is 0.0718. The van der Waals surface area contributed by atoms with E-state index < -0.39 is 5.79 Å². The average molecular weight is 281 g/mol. The van der Waals surface area contributed by atoms with Crippen LogP contribution in [0, 0.1) is 11.3 Å². The molecule has 3 rings (SSSR count). The zero-order valence-electron chi connectivity index (χ0n) is 13.2. The van der Waals surface area contributed by atoms with Crippen molar-refractivity contribution in [2.45, 2.75) is 64.2 Å². The number of likely N-dealkylation sites (tertiary alicyclic amines) is 1. The fourth-order valence-corrected chi connectivity index (χ4v) is 4.91. The van der Waals surface area contributed by atoms with Gasteiger partial charge in [0.1, 0.15) is 0 Å². The van der Waals surface area contributed by atoms with Gasteiger partial charge in [-0.3, -0.25) is 4.79 Å². The molecule has 2 saturated heterocycles. The average Bonchev–Trinajstić information content (AvgIpc) is 2.84. The van der Waals surface area contributed by atoms with Gasteiger partial charge in [-0.1, -0.05) is 13.8 Å². The summed E-state index contributed by atoms with van der Waals surface area (Å²) in [7, 11) is 1.98. The third-order valence-electron chi connectivity index (χ3n) is 6.34. The Hall–Kier alpha value is -0.610. The summed E-state index contributed by atoms with van der Waals surface area (Å²) in [5, 5.41) is 0. The lowest BCUT2D eigenvalue weighted by atomic mass is 9.56. The summed E-state index contributed by atoms with van der Waals surface area (Å²) in [6.07, 6.45) is 4.57. The molecule has 1 saturated carbocycles. The maximum atomic E-state index is 12.3. The van der Waals surface area contributed by atoms with E-state index in [0.717, 1.165) is 25.7 Å². The number of nitrogens with zero attached hydrogens (tertiary/aromatic N) is 1. The van der Waals surface area contributed by atoms with Crippen LogP contribution in [0.2, 0.25) is 0 Å². The lowest BCUT2D eigenvalue weighted by Crippen LogP contribution is -2.65. The van der Waals surface area contributed by atoms with Crippen LogP contribution in [-0.4, -0.2) is 42.4 Å². The van der Waals surface area contributed by atoms with E-state index in [1.807, 2.05) is 11.9 Å². The number of hydrogen-bond acceptors (Lipinski definition) is 3. The first-order valence-corrected chi connectivity index (χ1v) is 7.88. The Morgan fingerprint density at radius 1 is 1.15 bits per heavy atom. The number of carbonyl (C=O) groups excluding carboxylic acids is 1. The predicted octanol–water partition coefficient (Wildman–Crippen LogP) is 2.57. The van der Waals surface area contributed by atoms with Gasteiger partial charge in [-0.2, -0.15) is 0 Å². The summed E-state index contributed by atoms with van der Waals surface area (Å²) in [5.41, 5.74) is -0.146. The fourth-order valence-electron chi connectivity index (χ4n) is 4.91. The first-order chi connectivity index (χ1) is 9.33. The molecule has 3 aliphatic rings. The molecule has 4 nitrogen and oxygen atoms in total. The highest BCUT2D eigenvalue weighted by molar-refractivity contribution is 5.77. The Morgan fingerprint density at radius 3 is 2.45 bits per heavy atom. The van der Waals surface area contributed by atoms with Gasteiger partial charge in [-0.05, 0) is 32.1 Å². The monoisotopic (exact) mass is 281 g/mol. The zero-order valence-corrected chi connectivity index (χ0v) is 13.2. The normalized spacial score (nSPS) is 39.7. The van der Waals surface area contributed by atoms with Gasteiger partial charge in [-0.25, -0.2) is 0 Å². The van der Waals surface area contributed by atoms with Crippen molar-refractivity contribution in [1.29, 1.82) is 0 Å². The molecule has 1 amide bonds. The second-order valence-corrected chi connectivity index (χ2v) is 7.43. The van der Waals surface area contributed by atoms with E-state index in [4.69, 9.17) is 9.47 Å². The Kier molecular flexibility index (Phi) is 3.18. The predicted molar refractivity (Wildman–Crippen MR) is 76.2 cm³/mol. The molecule has 1 spiro atoms. The summed E-state index contributed by atoms with van der Waals surface area (Å²) in [6, 6.07) is 0. The number of rotatable bonds is 0. The van der Waals surface area contributed by atoms with Gasteiger partial charge >= 0.3 is 0 Å². The van der Waals surface area contributed by atoms with Gasteiger partial charge in [0.25, 0.3) is 0 Å². The molecule has 0 bridgehead atoms. The molecule has 2 atom stereocenters. The van der Waals surface area contributed by atoms with Crippen molar-refractivity contribution in [3.8, 4) is 0 Å². The van der Waals surface area contributed by atoms with E-state index in [0.29, 0.717) is 25.6 Å². The van der Waals surface area contributed by atoms with E-state index in [-0.39, 0.29) is 16.9 Å². The molecule has 1 aliphatic carbocycles. The fraction of sp³-hybridized carbons (Fsp3) is 0.938. The van der Waals surface area contributed by atoms with Crippen LogP contribution in [0.4, 0.5) is 0 Å². The molecule has 0 aromatic heterocycles. The number of hydrogen-bond donors (Lipinski definition) is 0. The van der Waals surface area contributed by atoms with Crippen LogP contribution in [0.25, 0.3) is 0 Å². The van der Waals surface area contributed by atoms with Crippen LogP contribution in [-0.2, 0) is 14.3 Å². The van der Waals surface area contributed by atoms with Crippen LogP contribution in [0.5, 0.6) is 0 Å². The lowest BCUT2D eigenvalue weighted by Gasteiger charge is -2.59. The van der Waals surface area contributed by atoms with Gasteiger partial charge < -0.3 is 14.4 Å². The Bertz CT molecular complexity index is 414. The highest BCUT2D eigenvalue weighted by Gasteiger charge is 2.63. The summed E-state index contributed by atoms with van der Waals surface area (Å²) in [4.78, 5) is 14.3. The summed E-state index contributed by atoms with van der Waals surface area (Å²) in [6.45, 7) is 8.18. The quantitative estimate of drug-likeness (QED) is 0.685. The van der Waals surface area contributed by atoms with Crippen molar-refractivity contribution in [3.63, 3.8) is 0 Å². The SMILES string of the molecule is CN1C(=O)CCC[C@H]2C(C)(C)C3(CC[C@@]21C)OCCO3. The van der Waals surface area contributed by atoms with Crippen LogP contribution in [0.15, 0.2) is 0 Å². The molecule has 20 heavy (non-hydrogen) atoms. The van der Waals surface area contributed by atoms with Crippen molar-refractivity contribution >= 4 is 5.91 Å². The van der Waals surface area contributed by atoms with Crippen LogP contribution < -0.4 is 0 Å². The first kappa shape index (κ1) is 14.3. The van der Waals surface area contributed by atoms with E-state index in [1.54, 1.807) is 0 Å². The maximum absolute atomic E-state index is 12.3. The summed E-state index contributed by atoms with van der Waals surface area (Å²) >= 11 is 0. The molecule has 3 fully saturated rings. The second-order valence-electron chi connectivity index (χ2n) is 7.43. The molecular formula is C16H27NO3. The van der Waals surface area contributed by atoms with Crippen LogP contribution in [0.3, 0.4) is 0 Å². The molecule has 0 aromatic rings. The molecule has 2 aliphatic heterocycles. The number of amides is 1. The Morgan fingerprint density at radius 2 is 1.80 bits per heavy atom. The largest absolute Gasteiger partial charge is 0.347 e. The topological polar surface area (TPSA) is 38.8 Å². The number of fused-ring (bicyclic) bond motifs is 1. The van der Waals surface area contributed by atoms with Crippen LogP contribution in [0.1, 0.15) is 52.9 Å². The number of ether oxygens (including phenoxy) is 2. The standard InChI is InChI=1S/C16H27NO3/c1-14(2)12-6-5-7-13(18)17(4)15(12,3)8-9-16(14)19-10-11-20-16/h12H,5-11H2,1-4H3/t12-,15-/m0/s1. The van der Waals surface area contributed by atoms with E-state index >= 15 is 0 Å². The first-order valence-electron chi connectivity index (χ1n) is 7.88. The summed E-state index contributed by atoms with van der Waals surface area (Å²) in [5.74, 6) is 0.263. The molecule has 0 N–H and O–H groups in total. The van der Waals surface area contributed by atoms with Crippen molar-refractivity contribution < 1.29 is 14.3 Å². The molecule has 0 unspecified atom stereocenters. The maximum Gasteiger partial charge on any atom is 0.222 e. The Labute approximate surface area is 121 Å². The van der Waals surface area contributed by atoms with Gasteiger partial charge in [0.2, 0.25) is 5.91 Å². The lowest BCUT2D eigenvalue weighted by molar-refractivity contribution is -0.281. The molecule has 0 aromatic carbocycles. The smallest absolute Gasteiger partial charge is 0.222 e. The minimum atomic E-state index is -0.439. The third-order valence-corrected chi connectivity index (χ3v) is 6.34. The number of carbonyl (C=O) groups is 1. The van der Waals surface area contributed by atoms with E-state index in [1.165, 1.54) is 0 Å². The van der Waals surface area contributed by atoms with Gasteiger partial charge in [-0.15, -0.1) is 0 Å². The second kappa shape index (κ2) is 4.44. The van der Waals surface area contributed by atoms with Crippen LogP contribution >= 0.6 is 0 Å². The molecule has 4 heteroatoms. The highest BCUT2D eigenvalue weighted by Crippen LogP contribution is 2.59. The van der Waals surface area contributed by atoms with Crippen molar-refractivity contribution in [2.75, 3.05) is 20.3 Å². The van der Waals surface area contributed by atoms with Crippen molar-refractivity contribution in [1.82, 2.24) is 4.90 Å². The molecule has 2 heterocycles. The zero-order chi connectivity index (χ0) is 14.6. The third kappa shape index (κ3) is 1.70. The van der Waals surface area contributed by atoms with Gasteiger partial charge in [0, 0.05) is 30.8 Å². The van der Waals surface area contributed by atoms with Crippen molar-refractivity contribution in [2.24, 2.45) is 11.3 Å². The molecular weight excluding hydrogens is 254 g/mol. The van der Waals surface area contributed by atoms with E-state index in [9.17, 15) is 4.79 Å². The Balaban J connectivity index is 2.01. The highest BCUT2D eigenvalue weighted by atomic mass is 16.7. The van der Waals surface area contributed by atoms with E-state index in [2.05, 4.69) is 20.8 Å². The van der Waals surface area contributed by atoms with Gasteiger partial charge in [0.15, 0.2) is 5.79 Å².